The van der Waals surface area contributed by atoms with Crippen LogP contribution in [-0.2, 0) is 10.4 Å². The Bertz CT molecular complexity index is 413. The molecule has 0 aliphatic carbocycles. The Labute approximate surface area is 114 Å². The van der Waals surface area contributed by atoms with Crippen LogP contribution in [0.3, 0.4) is 0 Å². The molecule has 1 aromatic carbocycles. The number of carboxylic acid groups (broad SMARTS) is 1. The lowest BCUT2D eigenvalue weighted by molar-refractivity contribution is -0.154. The second-order valence-corrected chi connectivity index (χ2v) is 4.69. The molecular weight excluding hydrogens is 244 g/mol. The number of carboxylic acids is 1. The number of aliphatic hydroxyl groups is 1. The van der Waals surface area contributed by atoms with Crippen molar-refractivity contribution in [3.05, 3.63) is 29.8 Å². The highest BCUT2D eigenvalue weighted by atomic mass is 16.5. The molecule has 4 heteroatoms. The first-order valence-corrected chi connectivity index (χ1v) is 6.59. The quantitative estimate of drug-likeness (QED) is 0.796. The number of rotatable bonds is 7. The smallest absolute Gasteiger partial charge is 0.309 e. The minimum absolute atomic E-state index is 0.357. The normalized spacial score (nSPS) is 15.6. The van der Waals surface area contributed by atoms with Crippen molar-refractivity contribution in [2.24, 2.45) is 5.92 Å². The van der Waals surface area contributed by atoms with Gasteiger partial charge in [0.15, 0.2) is 0 Å². The molecule has 0 amide bonds. The molecule has 19 heavy (non-hydrogen) atoms. The Morgan fingerprint density at radius 1 is 1.32 bits per heavy atom. The fourth-order valence-electron chi connectivity index (χ4n) is 2.39. The molecule has 106 valence electrons. The summed E-state index contributed by atoms with van der Waals surface area (Å²) in [5.41, 5.74) is -0.717. The largest absolute Gasteiger partial charge is 0.497 e. The van der Waals surface area contributed by atoms with Gasteiger partial charge in [0.2, 0.25) is 0 Å². The summed E-state index contributed by atoms with van der Waals surface area (Å²) in [5.74, 6) is -1.07. The second kappa shape index (κ2) is 6.57. The molecule has 0 spiro atoms. The molecule has 0 aliphatic rings. The van der Waals surface area contributed by atoms with Crippen molar-refractivity contribution in [2.45, 2.75) is 38.7 Å². The standard InChI is InChI=1S/C15H22O4/c1-4-6-13(14(16)17)15(18,5-2)11-7-9-12(19-3)10-8-11/h7-10,13,18H,4-6H2,1-3H3,(H,16,17). The van der Waals surface area contributed by atoms with Crippen LogP contribution in [0.2, 0.25) is 0 Å². The number of hydrogen-bond donors (Lipinski definition) is 2. The van der Waals surface area contributed by atoms with E-state index < -0.39 is 17.5 Å². The molecule has 2 unspecified atom stereocenters. The zero-order valence-electron chi connectivity index (χ0n) is 11.7. The fourth-order valence-corrected chi connectivity index (χ4v) is 2.39. The lowest BCUT2D eigenvalue weighted by Crippen LogP contribution is -2.39. The van der Waals surface area contributed by atoms with E-state index in [9.17, 15) is 15.0 Å². The van der Waals surface area contributed by atoms with E-state index in [1.165, 1.54) is 0 Å². The van der Waals surface area contributed by atoms with Gasteiger partial charge in [-0.1, -0.05) is 32.4 Å². The first-order valence-electron chi connectivity index (χ1n) is 6.59. The van der Waals surface area contributed by atoms with Crippen LogP contribution in [0, 0.1) is 5.92 Å². The summed E-state index contributed by atoms with van der Waals surface area (Å²) in [6.45, 7) is 3.72. The van der Waals surface area contributed by atoms with E-state index in [1.54, 1.807) is 38.3 Å². The topological polar surface area (TPSA) is 66.8 Å². The Morgan fingerprint density at radius 3 is 2.26 bits per heavy atom. The predicted octanol–water partition coefficient (Wildman–Crippen LogP) is 2.79. The number of aliphatic carboxylic acids is 1. The average Bonchev–Trinajstić information content (AvgIpc) is 2.43. The van der Waals surface area contributed by atoms with Gasteiger partial charge >= 0.3 is 5.97 Å². The fraction of sp³-hybridized carbons (Fsp3) is 0.533. The van der Waals surface area contributed by atoms with Crippen molar-refractivity contribution >= 4 is 5.97 Å². The molecule has 0 aliphatic heterocycles. The van der Waals surface area contributed by atoms with Crippen LogP contribution in [0.5, 0.6) is 5.75 Å². The molecule has 0 aromatic heterocycles. The molecule has 0 radical (unpaired) electrons. The van der Waals surface area contributed by atoms with Gasteiger partial charge in [-0.15, -0.1) is 0 Å². The van der Waals surface area contributed by atoms with Crippen LogP contribution >= 0.6 is 0 Å². The Balaban J connectivity index is 3.15. The highest BCUT2D eigenvalue weighted by Crippen LogP contribution is 2.36. The maximum atomic E-state index is 11.4. The van der Waals surface area contributed by atoms with E-state index in [0.717, 1.165) is 6.42 Å². The maximum absolute atomic E-state index is 11.4. The van der Waals surface area contributed by atoms with Gasteiger partial charge in [-0.3, -0.25) is 4.79 Å². The van der Waals surface area contributed by atoms with Gasteiger partial charge < -0.3 is 14.9 Å². The molecule has 1 rings (SSSR count). The summed E-state index contributed by atoms with van der Waals surface area (Å²) in [6, 6.07) is 6.93. The average molecular weight is 266 g/mol. The van der Waals surface area contributed by atoms with Crippen molar-refractivity contribution in [2.75, 3.05) is 7.11 Å². The summed E-state index contributed by atoms with van der Waals surface area (Å²) in [5, 5.41) is 20.1. The van der Waals surface area contributed by atoms with Gasteiger partial charge in [0.25, 0.3) is 0 Å². The highest BCUT2D eigenvalue weighted by molar-refractivity contribution is 5.72. The number of carbonyl (C=O) groups is 1. The highest BCUT2D eigenvalue weighted by Gasteiger charge is 2.40. The molecule has 0 saturated carbocycles. The minimum Gasteiger partial charge on any atom is -0.497 e. The summed E-state index contributed by atoms with van der Waals surface area (Å²) in [4.78, 5) is 11.4. The summed E-state index contributed by atoms with van der Waals surface area (Å²) in [6.07, 6.45) is 1.53. The molecule has 2 N–H and O–H groups in total. The first kappa shape index (κ1) is 15.5. The Hall–Kier alpha value is -1.55. The van der Waals surface area contributed by atoms with E-state index in [2.05, 4.69) is 0 Å². The van der Waals surface area contributed by atoms with Crippen LogP contribution in [0.4, 0.5) is 0 Å². The SMILES string of the molecule is CCCC(C(=O)O)C(O)(CC)c1ccc(OC)cc1. The summed E-state index contributed by atoms with van der Waals surface area (Å²) >= 11 is 0. The first-order chi connectivity index (χ1) is 8.99. The van der Waals surface area contributed by atoms with Crippen molar-refractivity contribution in [3.63, 3.8) is 0 Å². The van der Waals surface area contributed by atoms with E-state index in [4.69, 9.17) is 4.74 Å². The third-order valence-electron chi connectivity index (χ3n) is 3.58. The third kappa shape index (κ3) is 3.26. The third-order valence-corrected chi connectivity index (χ3v) is 3.58. The molecule has 0 saturated heterocycles. The predicted molar refractivity (Wildman–Crippen MR) is 73.2 cm³/mol. The van der Waals surface area contributed by atoms with E-state index in [-0.39, 0.29) is 0 Å². The van der Waals surface area contributed by atoms with Crippen LogP contribution < -0.4 is 4.74 Å². The molecule has 0 bridgehead atoms. The number of benzene rings is 1. The lowest BCUT2D eigenvalue weighted by atomic mass is 9.77. The van der Waals surface area contributed by atoms with Gasteiger partial charge in [-0.2, -0.15) is 0 Å². The van der Waals surface area contributed by atoms with Crippen LogP contribution in [0.1, 0.15) is 38.7 Å². The van der Waals surface area contributed by atoms with Gasteiger partial charge in [0.05, 0.1) is 13.0 Å². The number of methoxy groups -OCH3 is 1. The van der Waals surface area contributed by atoms with Gasteiger partial charge in [-0.05, 0) is 30.5 Å². The molecular formula is C15H22O4. The van der Waals surface area contributed by atoms with E-state index in [1.807, 2.05) is 6.92 Å². The monoisotopic (exact) mass is 266 g/mol. The summed E-state index contributed by atoms with van der Waals surface area (Å²) in [7, 11) is 1.57. The van der Waals surface area contributed by atoms with Crippen molar-refractivity contribution < 1.29 is 19.7 Å². The molecule has 2 atom stereocenters. The minimum atomic E-state index is -1.34. The number of ether oxygens (including phenoxy) is 1. The maximum Gasteiger partial charge on any atom is 0.309 e. The van der Waals surface area contributed by atoms with Gasteiger partial charge in [0.1, 0.15) is 11.4 Å². The van der Waals surface area contributed by atoms with Crippen molar-refractivity contribution in [3.8, 4) is 5.75 Å². The van der Waals surface area contributed by atoms with Crippen LogP contribution in [0.25, 0.3) is 0 Å². The van der Waals surface area contributed by atoms with E-state index >= 15 is 0 Å². The van der Waals surface area contributed by atoms with Gasteiger partial charge in [0, 0.05) is 0 Å². The zero-order chi connectivity index (χ0) is 14.5. The molecule has 0 fully saturated rings. The second-order valence-electron chi connectivity index (χ2n) is 4.69. The van der Waals surface area contributed by atoms with Gasteiger partial charge in [-0.25, -0.2) is 0 Å². The zero-order valence-corrected chi connectivity index (χ0v) is 11.7. The lowest BCUT2D eigenvalue weighted by Gasteiger charge is -2.33. The van der Waals surface area contributed by atoms with Crippen LogP contribution in [-0.4, -0.2) is 23.3 Å². The summed E-state index contributed by atoms with van der Waals surface area (Å²) < 4.78 is 5.07. The van der Waals surface area contributed by atoms with Crippen LogP contribution in [0.15, 0.2) is 24.3 Å². The Morgan fingerprint density at radius 2 is 1.89 bits per heavy atom. The molecule has 0 heterocycles. The molecule has 1 aromatic rings. The molecule has 4 nitrogen and oxygen atoms in total. The van der Waals surface area contributed by atoms with E-state index in [0.29, 0.717) is 24.2 Å². The van der Waals surface area contributed by atoms with Crippen molar-refractivity contribution in [1.82, 2.24) is 0 Å². The van der Waals surface area contributed by atoms with Crippen molar-refractivity contribution in [1.29, 1.82) is 0 Å². The number of hydrogen-bond acceptors (Lipinski definition) is 3. The Kier molecular flexibility index (Phi) is 5.36.